The van der Waals surface area contributed by atoms with Crippen molar-refractivity contribution in [2.45, 2.75) is 26.2 Å². The molecule has 1 fully saturated rings. The van der Waals surface area contributed by atoms with E-state index in [1.807, 2.05) is 4.90 Å². The van der Waals surface area contributed by atoms with Gasteiger partial charge in [-0.25, -0.2) is 0 Å². The maximum atomic E-state index is 12.1. The van der Waals surface area contributed by atoms with E-state index in [-0.39, 0.29) is 11.8 Å². The molecule has 0 radical (unpaired) electrons. The molecule has 0 aromatic rings. The highest BCUT2D eigenvalue weighted by Crippen LogP contribution is 2.11. The van der Waals surface area contributed by atoms with E-state index in [1.165, 1.54) is 0 Å². The molecule has 2 N–H and O–H groups in total. The van der Waals surface area contributed by atoms with Crippen LogP contribution in [0.5, 0.6) is 0 Å². The van der Waals surface area contributed by atoms with Crippen LogP contribution in [0, 0.1) is 5.92 Å². The Kier molecular flexibility index (Phi) is 5.65. The van der Waals surface area contributed by atoms with Crippen molar-refractivity contribution in [1.29, 1.82) is 0 Å². The summed E-state index contributed by atoms with van der Waals surface area (Å²) in [5.74, 6) is 0.220. The molecule has 1 atom stereocenters. The summed E-state index contributed by atoms with van der Waals surface area (Å²) in [6.45, 7) is 5.52. The molecule has 0 bridgehead atoms. The second-order valence-electron chi connectivity index (χ2n) is 4.01. The molecule has 1 heterocycles. The second-order valence-corrected chi connectivity index (χ2v) is 4.01. The Balaban J connectivity index is 2.47. The lowest BCUT2D eigenvalue weighted by Gasteiger charge is -2.24. The molecule has 4 nitrogen and oxygen atoms in total. The molecule has 1 unspecified atom stereocenters. The molecule has 4 heteroatoms. The summed E-state index contributed by atoms with van der Waals surface area (Å²) < 4.78 is 5.32. The number of nitrogens with zero attached hydrogens (tertiary/aromatic N) is 1. The van der Waals surface area contributed by atoms with E-state index >= 15 is 0 Å². The Morgan fingerprint density at radius 3 is 2.93 bits per heavy atom. The quantitative estimate of drug-likeness (QED) is 0.746. The molecule has 1 rings (SSSR count). The molecule has 1 amide bonds. The summed E-state index contributed by atoms with van der Waals surface area (Å²) in [7, 11) is 0. The monoisotopic (exact) mass is 214 g/mol. The van der Waals surface area contributed by atoms with Gasteiger partial charge in [-0.2, -0.15) is 0 Å². The third-order valence-electron chi connectivity index (χ3n) is 2.80. The molecule has 1 saturated heterocycles. The third-order valence-corrected chi connectivity index (χ3v) is 2.80. The van der Waals surface area contributed by atoms with E-state index in [0.29, 0.717) is 13.2 Å². The summed E-state index contributed by atoms with van der Waals surface area (Å²) in [4.78, 5) is 14.0. The van der Waals surface area contributed by atoms with Gasteiger partial charge in [0.1, 0.15) is 0 Å². The number of carbonyl (C=O) groups is 1. The number of nitrogens with two attached hydrogens (primary N) is 1. The fraction of sp³-hybridized carbons (Fsp3) is 0.909. The number of ether oxygens (including phenoxy) is 1. The SMILES string of the molecule is CCCC(CN)C(=O)N1CCCOCC1. The second kappa shape index (κ2) is 6.80. The molecule has 15 heavy (non-hydrogen) atoms. The van der Waals surface area contributed by atoms with E-state index in [4.69, 9.17) is 10.5 Å². The minimum absolute atomic E-state index is 0.00750. The average molecular weight is 214 g/mol. The first-order chi connectivity index (χ1) is 7.29. The van der Waals surface area contributed by atoms with Crippen molar-refractivity contribution < 1.29 is 9.53 Å². The third kappa shape index (κ3) is 3.80. The lowest BCUT2D eigenvalue weighted by Crippen LogP contribution is -2.40. The van der Waals surface area contributed by atoms with Gasteiger partial charge < -0.3 is 15.4 Å². The van der Waals surface area contributed by atoms with Crippen LogP contribution in [-0.4, -0.2) is 43.7 Å². The van der Waals surface area contributed by atoms with Crippen molar-refractivity contribution in [2.75, 3.05) is 32.8 Å². The van der Waals surface area contributed by atoms with Crippen molar-refractivity contribution >= 4 is 5.91 Å². The van der Waals surface area contributed by atoms with E-state index in [0.717, 1.165) is 39.0 Å². The maximum absolute atomic E-state index is 12.1. The van der Waals surface area contributed by atoms with Gasteiger partial charge >= 0.3 is 0 Å². The van der Waals surface area contributed by atoms with Crippen molar-refractivity contribution in [3.63, 3.8) is 0 Å². The summed E-state index contributed by atoms with van der Waals surface area (Å²) in [6, 6.07) is 0. The molecule has 0 aromatic heterocycles. The number of rotatable bonds is 4. The first-order valence-electron chi connectivity index (χ1n) is 5.86. The van der Waals surface area contributed by atoms with Crippen molar-refractivity contribution in [2.24, 2.45) is 11.7 Å². The van der Waals surface area contributed by atoms with Gasteiger partial charge in [0, 0.05) is 26.2 Å². The van der Waals surface area contributed by atoms with Crippen LogP contribution < -0.4 is 5.73 Å². The Labute approximate surface area is 91.8 Å². The molecule has 88 valence electrons. The summed E-state index contributed by atoms with van der Waals surface area (Å²) in [5, 5.41) is 0. The Bertz CT molecular complexity index is 189. The first kappa shape index (κ1) is 12.5. The van der Waals surface area contributed by atoms with Gasteiger partial charge in [-0.05, 0) is 12.8 Å². The van der Waals surface area contributed by atoms with Crippen LogP contribution in [0.3, 0.4) is 0 Å². The largest absolute Gasteiger partial charge is 0.380 e. The lowest BCUT2D eigenvalue weighted by molar-refractivity contribution is -0.135. The molecule has 0 spiro atoms. The van der Waals surface area contributed by atoms with E-state index in [1.54, 1.807) is 0 Å². The van der Waals surface area contributed by atoms with Crippen molar-refractivity contribution in [1.82, 2.24) is 4.90 Å². The van der Waals surface area contributed by atoms with Crippen LogP contribution in [0.25, 0.3) is 0 Å². The normalized spacial score (nSPS) is 19.7. The smallest absolute Gasteiger partial charge is 0.227 e. The Morgan fingerprint density at radius 2 is 2.27 bits per heavy atom. The van der Waals surface area contributed by atoms with Gasteiger partial charge in [0.05, 0.1) is 12.5 Å². The molecule has 0 saturated carbocycles. The van der Waals surface area contributed by atoms with Crippen LogP contribution >= 0.6 is 0 Å². The molecular weight excluding hydrogens is 192 g/mol. The summed E-state index contributed by atoms with van der Waals surface area (Å²) >= 11 is 0. The standard InChI is InChI=1S/C11H22N2O2/c1-2-4-10(9-12)11(14)13-5-3-7-15-8-6-13/h10H,2-9,12H2,1H3. The number of amides is 1. The molecule has 1 aliphatic heterocycles. The van der Waals surface area contributed by atoms with Crippen LogP contribution in [0.2, 0.25) is 0 Å². The van der Waals surface area contributed by atoms with Gasteiger partial charge in [-0.3, -0.25) is 4.79 Å². The lowest BCUT2D eigenvalue weighted by atomic mass is 10.0. The fourth-order valence-electron chi connectivity index (χ4n) is 1.92. The average Bonchev–Trinajstić information content (AvgIpc) is 2.53. The van der Waals surface area contributed by atoms with Gasteiger partial charge in [0.25, 0.3) is 0 Å². The maximum Gasteiger partial charge on any atom is 0.227 e. The van der Waals surface area contributed by atoms with Crippen LogP contribution in [0.4, 0.5) is 0 Å². The van der Waals surface area contributed by atoms with Gasteiger partial charge in [0.2, 0.25) is 5.91 Å². The zero-order valence-electron chi connectivity index (χ0n) is 9.58. The Morgan fingerprint density at radius 1 is 1.47 bits per heavy atom. The minimum Gasteiger partial charge on any atom is -0.380 e. The van der Waals surface area contributed by atoms with Crippen LogP contribution in [-0.2, 0) is 9.53 Å². The number of hydrogen-bond donors (Lipinski definition) is 1. The van der Waals surface area contributed by atoms with Crippen LogP contribution in [0.1, 0.15) is 26.2 Å². The van der Waals surface area contributed by atoms with Gasteiger partial charge in [-0.15, -0.1) is 0 Å². The van der Waals surface area contributed by atoms with Crippen molar-refractivity contribution in [3.05, 3.63) is 0 Å². The molecular formula is C11H22N2O2. The van der Waals surface area contributed by atoms with E-state index in [9.17, 15) is 4.79 Å². The predicted molar refractivity (Wildman–Crippen MR) is 59.5 cm³/mol. The first-order valence-corrected chi connectivity index (χ1v) is 5.86. The molecule has 1 aliphatic rings. The highest BCUT2D eigenvalue weighted by Gasteiger charge is 2.22. The van der Waals surface area contributed by atoms with Gasteiger partial charge in [0.15, 0.2) is 0 Å². The van der Waals surface area contributed by atoms with Crippen molar-refractivity contribution in [3.8, 4) is 0 Å². The van der Waals surface area contributed by atoms with E-state index < -0.39 is 0 Å². The zero-order chi connectivity index (χ0) is 11.1. The summed E-state index contributed by atoms with van der Waals surface area (Å²) in [5.41, 5.74) is 5.63. The fourth-order valence-corrected chi connectivity index (χ4v) is 1.92. The van der Waals surface area contributed by atoms with E-state index in [2.05, 4.69) is 6.92 Å². The number of hydrogen-bond acceptors (Lipinski definition) is 3. The predicted octanol–water partition coefficient (Wildman–Crippen LogP) is 0.610. The minimum atomic E-state index is 0.00750. The summed E-state index contributed by atoms with van der Waals surface area (Å²) in [6.07, 6.45) is 2.85. The van der Waals surface area contributed by atoms with Crippen LogP contribution in [0.15, 0.2) is 0 Å². The highest BCUT2D eigenvalue weighted by atomic mass is 16.5. The highest BCUT2D eigenvalue weighted by molar-refractivity contribution is 5.79. The number of carbonyl (C=O) groups excluding carboxylic acids is 1. The molecule has 0 aliphatic carbocycles. The topological polar surface area (TPSA) is 55.6 Å². The zero-order valence-corrected chi connectivity index (χ0v) is 9.58. The van der Waals surface area contributed by atoms with Gasteiger partial charge in [-0.1, -0.05) is 13.3 Å². The molecule has 0 aromatic carbocycles. The Hall–Kier alpha value is -0.610.